The molecule has 1 aliphatic rings. The molecule has 1 aliphatic heterocycles. The molecule has 144 valence electrons. The number of nitrogens with zero attached hydrogens (tertiary/aromatic N) is 3. The van der Waals surface area contributed by atoms with Crippen LogP contribution in [0.5, 0.6) is 0 Å². The first-order valence-corrected chi connectivity index (χ1v) is 8.81. The molecule has 0 radical (unpaired) electrons. The van der Waals surface area contributed by atoms with Crippen LogP contribution in [0.4, 0.5) is 18.0 Å². The van der Waals surface area contributed by atoms with E-state index in [1.54, 1.807) is 6.92 Å². The summed E-state index contributed by atoms with van der Waals surface area (Å²) in [6, 6.07) is 0. The number of piperazine rings is 1. The molecule has 1 rings (SSSR count). The maximum absolute atomic E-state index is 13.5. The van der Waals surface area contributed by atoms with Crippen LogP contribution in [0.25, 0.3) is 0 Å². The summed E-state index contributed by atoms with van der Waals surface area (Å²) in [4.78, 5) is 16.5. The molecule has 0 N–H and O–H groups in total. The van der Waals surface area contributed by atoms with Crippen LogP contribution in [0.2, 0.25) is 0 Å². The van der Waals surface area contributed by atoms with Crippen molar-refractivity contribution in [2.75, 3.05) is 46.3 Å². The van der Waals surface area contributed by atoms with E-state index in [2.05, 4.69) is 0 Å². The number of hydrogen-bond acceptors (Lipinski definition) is 3. The molecule has 25 heavy (non-hydrogen) atoms. The summed E-state index contributed by atoms with van der Waals surface area (Å²) in [5.74, 6) is 0. The van der Waals surface area contributed by atoms with E-state index in [4.69, 9.17) is 11.6 Å². The van der Waals surface area contributed by atoms with E-state index in [0.717, 1.165) is 12.5 Å². The van der Waals surface area contributed by atoms with Gasteiger partial charge in [0.1, 0.15) is 0 Å². The SMILES string of the molecule is CC=C(C(CN1CCN(C(=O)Cl)CC1)=C(C)N(C)CCC)C(F)(F)F. The molecule has 0 aliphatic carbocycles. The third-order valence-electron chi connectivity index (χ3n) is 4.49. The quantitative estimate of drug-likeness (QED) is 0.394. The Hall–Kier alpha value is -1.21. The van der Waals surface area contributed by atoms with Crippen molar-refractivity contribution in [3.8, 4) is 0 Å². The Bertz CT molecular complexity index is 524. The maximum Gasteiger partial charge on any atom is 0.416 e. The minimum absolute atomic E-state index is 0.198. The van der Waals surface area contributed by atoms with Crippen LogP contribution in [0.3, 0.4) is 0 Å². The zero-order valence-electron chi connectivity index (χ0n) is 15.3. The normalized spacial score (nSPS) is 18.2. The summed E-state index contributed by atoms with van der Waals surface area (Å²) in [6.45, 7) is 7.89. The fourth-order valence-electron chi connectivity index (χ4n) is 2.94. The minimum atomic E-state index is -4.40. The van der Waals surface area contributed by atoms with Gasteiger partial charge in [-0.05, 0) is 37.4 Å². The Balaban J connectivity index is 3.04. The molecule has 4 nitrogen and oxygen atoms in total. The molecular formula is C17H27ClF3N3O. The molecule has 8 heteroatoms. The third-order valence-corrected chi connectivity index (χ3v) is 4.73. The lowest BCUT2D eigenvalue weighted by molar-refractivity contribution is -0.0901. The molecule has 0 aromatic heterocycles. The van der Waals surface area contributed by atoms with Crippen molar-refractivity contribution in [1.29, 1.82) is 0 Å². The van der Waals surface area contributed by atoms with Crippen molar-refractivity contribution >= 4 is 17.0 Å². The van der Waals surface area contributed by atoms with Crippen molar-refractivity contribution in [1.82, 2.24) is 14.7 Å². The van der Waals surface area contributed by atoms with E-state index < -0.39 is 17.1 Å². The van der Waals surface area contributed by atoms with Gasteiger partial charge in [0.15, 0.2) is 0 Å². The zero-order valence-corrected chi connectivity index (χ0v) is 16.0. The van der Waals surface area contributed by atoms with Crippen LogP contribution in [-0.2, 0) is 0 Å². The molecule has 1 heterocycles. The van der Waals surface area contributed by atoms with E-state index in [1.807, 2.05) is 23.8 Å². The fraction of sp³-hybridized carbons (Fsp3) is 0.706. The average molecular weight is 382 g/mol. The highest BCUT2D eigenvalue weighted by atomic mass is 35.5. The highest BCUT2D eigenvalue weighted by Gasteiger charge is 2.37. The van der Waals surface area contributed by atoms with Gasteiger partial charge in [0.25, 0.3) is 0 Å². The number of hydrogen-bond donors (Lipinski definition) is 0. The zero-order chi connectivity index (χ0) is 19.2. The van der Waals surface area contributed by atoms with Crippen LogP contribution < -0.4 is 0 Å². The Morgan fingerprint density at radius 1 is 1.24 bits per heavy atom. The first-order valence-electron chi connectivity index (χ1n) is 8.43. The van der Waals surface area contributed by atoms with Crippen molar-refractivity contribution < 1.29 is 18.0 Å². The van der Waals surface area contributed by atoms with Gasteiger partial charge in [-0.2, -0.15) is 13.2 Å². The third kappa shape index (κ3) is 6.22. The molecule has 0 spiro atoms. The second-order valence-corrected chi connectivity index (χ2v) is 6.53. The number of alkyl halides is 3. The van der Waals surface area contributed by atoms with Gasteiger partial charge in [0, 0.05) is 52.0 Å². The van der Waals surface area contributed by atoms with Gasteiger partial charge in [-0.25, -0.2) is 0 Å². The second kappa shape index (κ2) is 9.48. The number of carbonyl (C=O) groups excluding carboxylic acids is 1. The van der Waals surface area contributed by atoms with Crippen LogP contribution in [0.1, 0.15) is 27.2 Å². The van der Waals surface area contributed by atoms with Gasteiger partial charge >= 0.3 is 11.5 Å². The smallest absolute Gasteiger partial charge is 0.378 e. The number of carbonyl (C=O) groups is 1. The summed E-state index contributed by atoms with van der Waals surface area (Å²) < 4.78 is 40.5. The summed E-state index contributed by atoms with van der Waals surface area (Å²) in [5.41, 5.74) is 0.323. The predicted molar refractivity (Wildman–Crippen MR) is 94.7 cm³/mol. The van der Waals surface area contributed by atoms with Gasteiger partial charge in [-0.15, -0.1) is 0 Å². The molecular weight excluding hydrogens is 355 g/mol. The van der Waals surface area contributed by atoms with Crippen molar-refractivity contribution in [2.24, 2.45) is 0 Å². The number of amides is 1. The lowest BCUT2D eigenvalue weighted by Crippen LogP contribution is -2.48. The summed E-state index contributed by atoms with van der Waals surface area (Å²) in [7, 11) is 1.81. The van der Waals surface area contributed by atoms with Gasteiger partial charge in [0.2, 0.25) is 0 Å². The first-order chi connectivity index (χ1) is 11.6. The molecule has 1 saturated heterocycles. The van der Waals surface area contributed by atoms with Gasteiger partial charge in [0.05, 0.1) is 5.57 Å². The van der Waals surface area contributed by atoms with Crippen molar-refractivity contribution in [3.63, 3.8) is 0 Å². The lowest BCUT2D eigenvalue weighted by atomic mass is 10.0. The summed E-state index contributed by atoms with van der Waals surface area (Å²) >= 11 is 5.46. The largest absolute Gasteiger partial charge is 0.416 e. The highest BCUT2D eigenvalue weighted by Crippen LogP contribution is 2.34. The predicted octanol–water partition coefficient (Wildman–Crippen LogP) is 4.09. The van der Waals surface area contributed by atoms with Gasteiger partial charge < -0.3 is 9.80 Å². The minimum Gasteiger partial charge on any atom is -0.378 e. The van der Waals surface area contributed by atoms with Gasteiger partial charge in [-0.1, -0.05) is 13.0 Å². The topological polar surface area (TPSA) is 26.8 Å². The van der Waals surface area contributed by atoms with E-state index in [0.29, 0.717) is 38.4 Å². The van der Waals surface area contributed by atoms with Crippen molar-refractivity contribution in [3.05, 3.63) is 22.9 Å². The van der Waals surface area contributed by atoms with E-state index >= 15 is 0 Å². The summed E-state index contributed by atoms with van der Waals surface area (Å²) in [6.07, 6.45) is -2.40. The van der Waals surface area contributed by atoms with E-state index in [-0.39, 0.29) is 12.1 Å². The summed E-state index contributed by atoms with van der Waals surface area (Å²) in [5, 5.41) is -0.515. The maximum atomic E-state index is 13.5. The van der Waals surface area contributed by atoms with E-state index in [9.17, 15) is 18.0 Å². The average Bonchev–Trinajstić information content (AvgIpc) is 2.53. The Kier molecular flexibility index (Phi) is 8.28. The lowest BCUT2D eigenvalue weighted by Gasteiger charge is -2.35. The van der Waals surface area contributed by atoms with Crippen molar-refractivity contribution in [2.45, 2.75) is 33.4 Å². The fourth-order valence-corrected chi connectivity index (χ4v) is 3.11. The van der Waals surface area contributed by atoms with Gasteiger partial charge in [-0.3, -0.25) is 9.69 Å². The number of rotatable bonds is 6. The van der Waals surface area contributed by atoms with Crippen LogP contribution in [0.15, 0.2) is 22.9 Å². The molecule has 0 atom stereocenters. The van der Waals surface area contributed by atoms with Crippen LogP contribution in [-0.4, -0.2) is 72.6 Å². The Labute approximate surface area is 152 Å². The Morgan fingerprint density at radius 2 is 1.80 bits per heavy atom. The highest BCUT2D eigenvalue weighted by molar-refractivity contribution is 6.62. The molecule has 0 unspecified atom stereocenters. The number of halogens is 4. The standard InChI is InChI=1S/C17H27ClF3N3O/c1-5-7-22(4)13(3)14(15(6-2)17(19,20)21)12-23-8-10-24(11-9-23)16(18)25/h6H,5,7-12H2,1-4H3. The Morgan fingerprint density at radius 3 is 2.20 bits per heavy atom. The molecule has 1 amide bonds. The molecule has 1 fully saturated rings. The molecule has 0 aromatic carbocycles. The first kappa shape index (κ1) is 21.8. The van der Waals surface area contributed by atoms with E-state index in [1.165, 1.54) is 11.8 Å². The number of allylic oxidation sites excluding steroid dienone is 2. The monoisotopic (exact) mass is 381 g/mol. The molecule has 0 saturated carbocycles. The van der Waals surface area contributed by atoms with Crippen LogP contribution >= 0.6 is 11.6 Å². The molecule has 0 bridgehead atoms. The van der Waals surface area contributed by atoms with Crippen LogP contribution in [0, 0.1) is 0 Å². The second-order valence-electron chi connectivity index (χ2n) is 6.20. The molecule has 0 aromatic rings.